The maximum Gasteiger partial charge on any atom is 0.171 e. The highest BCUT2D eigenvalue weighted by molar-refractivity contribution is 7.80. The Morgan fingerprint density at radius 1 is 1.11 bits per heavy atom. The molecule has 2 N–H and O–H groups in total. The molecule has 0 saturated carbocycles. The molecule has 4 rings (SSSR count). The highest BCUT2D eigenvalue weighted by atomic mass is 35.5. The molecule has 0 spiro atoms. The minimum atomic E-state index is 0.372. The molecule has 1 aliphatic heterocycles. The van der Waals surface area contributed by atoms with Gasteiger partial charge in [0.05, 0.1) is 10.5 Å². The minimum absolute atomic E-state index is 0.372. The van der Waals surface area contributed by atoms with Crippen LogP contribution in [0, 0.1) is 6.92 Å². The third kappa shape index (κ3) is 4.05. The number of halogens is 1. The Bertz CT molecular complexity index is 999. The number of hydrogen-bond donors (Lipinski definition) is 2. The second kappa shape index (κ2) is 8.33. The molecule has 144 valence electrons. The molecule has 6 heteroatoms. The van der Waals surface area contributed by atoms with E-state index in [-0.39, 0.29) is 0 Å². The molecule has 0 unspecified atom stereocenters. The lowest BCUT2D eigenvalue weighted by Gasteiger charge is -2.35. The van der Waals surface area contributed by atoms with Gasteiger partial charge in [-0.25, -0.2) is 0 Å². The summed E-state index contributed by atoms with van der Waals surface area (Å²) in [6.45, 7) is 4.02. The van der Waals surface area contributed by atoms with Crippen LogP contribution in [-0.4, -0.2) is 29.2 Å². The monoisotopic (exact) mass is 410 g/mol. The van der Waals surface area contributed by atoms with E-state index in [1.165, 1.54) is 11.3 Å². The van der Waals surface area contributed by atoms with Crippen molar-refractivity contribution in [2.24, 2.45) is 0 Å². The number of para-hydroxylation sites is 2. The van der Waals surface area contributed by atoms with E-state index in [1.807, 2.05) is 36.5 Å². The molecular weight excluding hydrogens is 388 g/mol. The van der Waals surface area contributed by atoms with Crippen molar-refractivity contribution >= 4 is 51.2 Å². The van der Waals surface area contributed by atoms with Crippen molar-refractivity contribution in [3.63, 3.8) is 0 Å². The fourth-order valence-corrected chi connectivity index (χ4v) is 4.22. The smallest absolute Gasteiger partial charge is 0.171 e. The van der Waals surface area contributed by atoms with Gasteiger partial charge in [0.1, 0.15) is 0 Å². The van der Waals surface area contributed by atoms with Gasteiger partial charge in [0.2, 0.25) is 0 Å². The summed E-state index contributed by atoms with van der Waals surface area (Å²) in [5, 5.41) is 9.28. The summed E-state index contributed by atoms with van der Waals surface area (Å²) in [4.78, 5) is 6.85. The van der Waals surface area contributed by atoms with E-state index in [0.29, 0.717) is 16.2 Å². The van der Waals surface area contributed by atoms with Gasteiger partial charge in [0.15, 0.2) is 5.11 Å². The van der Waals surface area contributed by atoms with Crippen LogP contribution >= 0.6 is 23.8 Å². The van der Waals surface area contributed by atoms with Gasteiger partial charge in [-0.15, -0.1) is 0 Å². The van der Waals surface area contributed by atoms with Gasteiger partial charge < -0.3 is 15.5 Å². The molecule has 0 amide bonds. The van der Waals surface area contributed by atoms with Crippen LogP contribution in [0.1, 0.15) is 18.4 Å². The average molecular weight is 411 g/mol. The molecule has 0 aliphatic carbocycles. The van der Waals surface area contributed by atoms with E-state index >= 15 is 0 Å². The highest BCUT2D eigenvalue weighted by Crippen LogP contribution is 2.31. The first-order valence-corrected chi connectivity index (χ1v) is 10.3. The SMILES string of the molecule is Cc1ccccc1NC(=S)NC1CCN(c2ccnc3c(Cl)cccc23)CC1. The molecule has 1 aliphatic rings. The number of aryl methyl sites for hydroxylation is 1. The van der Waals surface area contributed by atoms with E-state index in [9.17, 15) is 0 Å². The number of thiocarbonyl (C=S) groups is 1. The molecule has 2 aromatic carbocycles. The molecule has 0 atom stereocenters. The first-order chi connectivity index (χ1) is 13.6. The van der Waals surface area contributed by atoms with Gasteiger partial charge in [0, 0.05) is 42.1 Å². The molecule has 0 bridgehead atoms. The van der Waals surface area contributed by atoms with Crippen LogP contribution in [0.15, 0.2) is 54.7 Å². The van der Waals surface area contributed by atoms with Crippen molar-refractivity contribution in [1.29, 1.82) is 0 Å². The number of aromatic nitrogens is 1. The number of pyridine rings is 1. The first kappa shape index (κ1) is 19.0. The summed E-state index contributed by atoms with van der Waals surface area (Å²) in [7, 11) is 0. The van der Waals surface area contributed by atoms with E-state index in [4.69, 9.17) is 23.8 Å². The van der Waals surface area contributed by atoms with Gasteiger partial charge in [-0.05, 0) is 55.7 Å². The molecule has 4 nitrogen and oxygen atoms in total. The van der Waals surface area contributed by atoms with Crippen molar-refractivity contribution in [3.8, 4) is 0 Å². The van der Waals surface area contributed by atoms with Crippen LogP contribution in [-0.2, 0) is 0 Å². The van der Waals surface area contributed by atoms with Gasteiger partial charge >= 0.3 is 0 Å². The Hall–Kier alpha value is -2.37. The highest BCUT2D eigenvalue weighted by Gasteiger charge is 2.21. The summed E-state index contributed by atoms with van der Waals surface area (Å²) < 4.78 is 0. The molecule has 0 radical (unpaired) electrons. The van der Waals surface area contributed by atoms with Crippen LogP contribution in [0.3, 0.4) is 0 Å². The van der Waals surface area contributed by atoms with Crippen molar-refractivity contribution < 1.29 is 0 Å². The Labute approximate surface area is 175 Å². The zero-order chi connectivity index (χ0) is 19.5. The van der Waals surface area contributed by atoms with Crippen molar-refractivity contribution in [2.45, 2.75) is 25.8 Å². The first-order valence-electron chi connectivity index (χ1n) is 9.53. The summed E-state index contributed by atoms with van der Waals surface area (Å²) in [5.41, 5.74) is 4.30. The number of benzene rings is 2. The number of hydrogen-bond acceptors (Lipinski definition) is 3. The van der Waals surface area contributed by atoms with Crippen LogP contribution in [0.25, 0.3) is 10.9 Å². The number of nitrogens with one attached hydrogen (secondary N) is 2. The molecule has 1 aromatic heterocycles. The largest absolute Gasteiger partial charge is 0.371 e. The standard InChI is InChI=1S/C22H23ClN4S/c1-15-5-2-3-8-19(15)26-22(28)25-16-10-13-27(14-11-16)20-9-12-24-21-17(20)6-4-7-18(21)23/h2-9,12,16H,10-11,13-14H2,1H3,(H2,25,26,28). The average Bonchev–Trinajstić information content (AvgIpc) is 2.70. The lowest BCUT2D eigenvalue weighted by atomic mass is 10.0. The fourth-order valence-electron chi connectivity index (χ4n) is 3.72. The second-order valence-corrected chi connectivity index (χ2v) is 7.96. The normalized spacial score (nSPS) is 14.9. The second-order valence-electron chi connectivity index (χ2n) is 7.14. The summed E-state index contributed by atoms with van der Waals surface area (Å²) in [5.74, 6) is 0. The molecular formula is C22H23ClN4S. The zero-order valence-corrected chi connectivity index (χ0v) is 17.4. The van der Waals surface area contributed by atoms with Crippen LogP contribution in [0.2, 0.25) is 5.02 Å². The fraction of sp³-hybridized carbons (Fsp3) is 0.273. The Kier molecular flexibility index (Phi) is 5.64. The number of fused-ring (bicyclic) bond motifs is 1. The van der Waals surface area contributed by atoms with Crippen LogP contribution in [0.4, 0.5) is 11.4 Å². The predicted octanol–water partition coefficient (Wildman–Crippen LogP) is 5.15. The van der Waals surface area contributed by atoms with E-state index in [1.54, 1.807) is 0 Å². The predicted molar refractivity (Wildman–Crippen MR) is 123 cm³/mol. The molecule has 1 saturated heterocycles. The van der Waals surface area contributed by atoms with Gasteiger partial charge in [-0.3, -0.25) is 4.98 Å². The quantitative estimate of drug-likeness (QED) is 0.584. The zero-order valence-electron chi connectivity index (χ0n) is 15.8. The van der Waals surface area contributed by atoms with Crippen LogP contribution in [0.5, 0.6) is 0 Å². The Morgan fingerprint density at radius 2 is 1.89 bits per heavy atom. The van der Waals surface area contributed by atoms with E-state index in [2.05, 4.69) is 45.6 Å². The summed E-state index contributed by atoms with van der Waals surface area (Å²) in [6.07, 6.45) is 3.90. The lowest BCUT2D eigenvalue weighted by Crippen LogP contribution is -2.46. The van der Waals surface area contributed by atoms with Gasteiger partial charge in [0.25, 0.3) is 0 Å². The number of rotatable bonds is 3. The van der Waals surface area contributed by atoms with Crippen molar-refractivity contribution in [3.05, 3.63) is 65.3 Å². The molecule has 3 aromatic rings. The third-order valence-electron chi connectivity index (χ3n) is 5.26. The van der Waals surface area contributed by atoms with Crippen molar-refractivity contribution in [1.82, 2.24) is 10.3 Å². The minimum Gasteiger partial charge on any atom is -0.371 e. The molecule has 28 heavy (non-hydrogen) atoms. The molecule has 2 heterocycles. The summed E-state index contributed by atoms with van der Waals surface area (Å²) in [6, 6.07) is 16.6. The van der Waals surface area contributed by atoms with E-state index < -0.39 is 0 Å². The van der Waals surface area contributed by atoms with Crippen molar-refractivity contribution in [2.75, 3.05) is 23.3 Å². The third-order valence-corrected chi connectivity index (χ3v) is 5.79. The Balaban J connectivity index is 1.38. The number of anilines is 2. The van der Waals surface area contributed by atoms with Gasteiger partial charge in [-0.1, -0.05) is 41.9 Å². The topological polar surface area (TPSA) is 40.2 Å². The molecule has 1 fully saturated rings. The number of piperidine rings is 1. The van der Waals surface area contributed by atoms with Crippen LogP contribution < -0.4 is 15.5 Å². The maximum absolute atomic E-state index is 6.31. The summed E-state index contributed by atoms with van der Waals surface area (Å²) >= 11 is 11.8. The van der Waals surface area contributed by atoms with E-state index in [0.717, 1.165) is 42.5 Å². The Morgan fingerprint density at radius 3 is 2.68 bits per heavy atom. The maximum atomic E-state index is 6.31. The van der Waals surface area contributed by atoms with Gasteiger partial charge in [-0.2, -0.15) is 0 Å². The number of nitrogens with zero attached hydrogens (tertiary/aromatic N) is 2. The lowest BCUT2D eigenvalue weighted by molar-refractivity contribution is 0.468.